The maximum atomic E-state index is 8.76. The number of hydrogen-bond donors (Lipinski definition) is 1. The van der Waals surface area contributed by atoms with E-state index in [9.17, 15) is 0 Å². The highest BCUT2D eigenvalue weighted by Crippen LogP contribution is 2.19. The number of nitrogens with one attached hydrogen (secondary N) is 1. The molecule has 3 nitrogen and oxygen atoms in total. The molecule has 4 heteroatoms. The van der Waals surface area contributed by atoms with E-state index in [-0.39, 0.29) is 0 Å². The van der Waals surface area contributed by atoms with Gasteiger partial charge in [-0.25, -0.2) is 0 Å². The Hall–Kier alpha value is -1.99. The molecule has 0 unspecified atom stereocenters. The van der Waals surface area contributed by atoms with Crippen molar-refractivity contribution in [3.63, 3.8) is 0 Å². The highest BCUT2D eigenvalue weighted by molar-refractivity contribution is 7.10. The van der Waals surface area contributed by atoms with Crippen molar-refractivity contribution in [3.05, 3.63) is 46.2 Å². The van der Waals surface area contributed by atoms with Crippen molar-refractivity contribution in [2.75, 3.05) is 11.9 Å². The molecule has 0 amide bonds. The van der Waals surface area contributed by atoms with Gasteiger partial charge >= 0.3 is 0 Å². The third kappa shape index (κ3) is 4.01. The van der Waals surface area contributed by atoms with Crippen molar-refractivity contribution in [2.24, 2.45) is 0 Å². The highest BCUT2D eigenvalue weighted by Gasteiger charge is 1.99. The summed E-state index contributed by atoms with van der Waals surface area (Å²) in [5, 5.41) is 14.0. The number of benzene rings is 1. The molecule has 0 fully saturated rings. The summed E-state index contributed by atoms with van der Waals surface area (Å²) in [5.41, 5.74) is 1.78. The Bertz CT molecular complexity index is 554. The Balaban J connectivity index is 1.87. The molecule has 0 radical (unpaired) electrons. The van der Waals surface area contributed by atoms with E-state index in [4.69, 9.17) is 10.00 Å². The van der Waals surface area contributed by atoms with Crippen LogP contribution in [0.25, 0.3) is 0 Å². The van der Waals surface area contributed by atoms with Gasteiger partial charge in [-0.3, -0.25) is 0 Å². The Morgan fingerprint density at radius 3 is 2.74 bits per heavy atom. The number of rotatable bonds is 6. The van der Waals surface area contributed by atoms with E-state index in [0.717, 1.165) is 41.4 Å². The van der Waals surface area contributed by atoms with Gasteiger partial charge in [-0.1, -0.05) is 6.92 Å². The predicted molar refractivity (Wildman–Crippen MR) is 78.6 cm³/mol. The zero-order chi connectivity index (χ0) is 13.5. The lowest BCUT2D eigenvalue weighted by Gasteiger charge is -2.07. The lowest BCUT2D eigenvalue weighted by atomic mass is 10.3. The van der Waals surface area contributed by atoms with Crippen LogP contribution in [0.15, 0.2) is 35.7 Å². The van der Waals surface area contributed by atoms with Crippen LogP contribution in [0.3, 0.4) is 0 Å². The Morgan fingerprint density at radius 2 is 2.11 bits per heavy atom. The maximum Gasteiger partial charge on any atom is 0.119 e. The summed E-state index contributed by atoms with van der Waals surface area (Å²) in [6, 6.07) is 12.0. The molecule has 1 N–H and O–H groups in total. The molecule has 0 bridgehead atoms. The van der Waals surface area contributed by atoms with Crippen molar-refractivity contribution in [3.8, 4) is 11.8 Å². The van der Waals surface area contributed by atoms with Gasteiger partial charge in [0.05, 0.1) is 12.2 Å². The largest absolute Gasteiger partial charge is 0.494 e. The fourth-order valence-corrected chi connectivity index (χ4v) is 2.36. The molecule has 0 aliphatic heterocycles. The van der Waals surface area contributed by atoms with E-state index in [1.807, 2.05) is 35.7 Å². The summed E-state index contributed by atoms with van der Waals surface area (Å²) in [7, 11) is 0. The SMILES string of the molecule is CCCOc1ccc(NCc2cc(C#N)cs2)cc1. The van der Waals surface area contributed by atoms with Crippen molar-refractivity contribution >= 4 is 17.0 Å². The van der Waals surface area contributed by atoms with Gasteiger partial charge in [0.25, 0.3) is 0 Å². The Kier molecular flexibility index (Phi) is 4.82. The fourth-order valence-electron chi connectivity index (χ4n) is 1.61. The highest BCUT2D eigenvalue weighted by atomic mass is 32.1. The van der Waals surface area contributed by atoms with E-state index in [2.05, 4.69) is 18.3 Å². The van der Waals surface area contributed by atoms with Gasteiger partial charge in [-0.2, -0.15) is 5.26 Å². The molecule has 98 valence electrons. The first kappa shape index (κ1) is 13.4. The zero-order valence-electron chi connectivity index (χ0n) is 10.8. The van der Waals surface area contributed by atoms with Gasteiger partial charge in [0.15, 0.2) is 0 Å². The second kappa shape index (κ2) is 6.81. The molecule has 0 aliphatic carbocycles. The van der Waals surface area contributed by atoms with Gasteiger partial charge in [0, 0.05) is 22.5 Å². The second-order valence-electron chi connectivity index (χ2n) is 4.14. The van der Waals surface area contributed by atoms with Crippen LogP contribution in [0.1, 0.15) is 23.8 Å². The molecule has 1 heterocycles. The third-order valence-corrected chi connectivity index (χ3v) is 3.51. The number of anilines is 1. The van der Waals surface area contributed by atoms with Crippen LogP contribution in [0.5, 0.6) is 5.75 Å². The molecule has 19 heavy (non-hydrogen) atoms. The average molecular weight is 272 g/mol. The molecule has 0 atom stereocenters. The lowest BCUT2D eigenvalue weighted by Crippen LogP contribution is -1.98. The summed E-state index contributed by atoms with van der Waals surface area (Å²) in [5.74, 6) is 0.898. The van der Waals surface area contributed by atoms with Crippen LogP contribution < -0.4 is 10.1 Å². The number of thiophene rings is 1. The molecule has 0 saturated carbocycles. The van der Waals surface area contributed by atoms with E-state index < -0.39 is 0 Å². The van der Waals surface area contributed by atoms with Gasteiger partial charge in [-0.15, -0.1) is 11.3 Å². The molecular weight excluding hydrogens is 256 g/mol. The standard InChI is InChI=1S/C15H16N2OS/c1-2-7-18-14-5-3-13(4-6-14)17-10-15-8-12(9-16)11-19-15/h3-6,8,11,17H,2,7,10H2,1H3. The first-order valence-corrected chi connectivity index (χ1v) is 7.14. The number of hydrogen-bond acceptors (Lipinski definition) is 4. The van der Waals surface area contributed by atoms with Gasteiger partial charge < -0.3 is 10.1 Å². The van der Waals surface area contributed by atoms with Gasteiger partial charge in [-0.05, 0) is 36.8 Å². The molecule has 2 rings (SSSR count). The van der Waals surface area contributed by atoms with Crippen molar-refractivity contribution < 1.29 is 4.74 Å². The zero-order valence-corrected chi connectivity index (χ0v) is 11.7. The number of nitrogens with zero attached hydrogens (tertiary/aromatic N) is 1. The van der Waals surface area contributed by atoms with Gasteiger partial charge in [0.2, 0.25) is 0 Å². The van der Waals surface area contributed by atoms with Crippen LogP contribution in [0.2, 0.25) is 0 Å². The summed E-state index contributed by atoms with van der Waals surface area (Å²) in [4.78, 5) is 1.16. The number of ether oxygens (including phenoxy) is 1. The monoisotopic (exact) mass is 272 g/mol. The van der Waals surface area contributed by atoms with Crippen LogP contribution in [0, 0.1) is 11.3 Å². The Morgan fingerprint density at radius 1 is 1.32 bits per heavy atom. The average Bonchev–Trinajstić information content (AvgIpc) is 2.92. The summed E-state index contributed by atoms with van der Waals surface area (Å²) in [6.45, 7) is 3.58. The second-order valence-corrected chi connectivity index (χ2v) is 5.14. The van der Waals surface area contributed by atoms with Crippen LogP contribution >= 0.6 is 11.3 Å². The molecule has 1 aromatic carbocycles. The third-order valence-electron chi connectivity index (χ3n) is 2.58. The number of nitriles is 1. The van der Waals surface area contributed by atoms with Crippen molar-refractivity contribution in [1.29, 1.82) is 5.26 Å². The van der Waals surface area contributed by atoms with E-state index in [1.165, 1.54) is 0 Å². The normalized spacial score (nSPS) is 9.89. The van der Waals surface area contributed by atoms with E-state index in [0.29, 0.717) is 0 Å². The van der Waals surface area contributed by atoms with Crippen molar-refractivity contribution in [2.45, 2.75) is 19.9 Å². The lowest BCUT2D eigenvalue weighted by molar-refractivity contribution is 0.317. The first-order valence-electron chi connectivity index (χ1n) is 6.26. The van der Waals surface area contributed by atoms with Gasteiger partial charge in [0.1, 0.15) is 11.8 Å². The van der Waals surface area contributed by atoms with Crippen molar-refractivity contribution in [1.82, 2.24) is 0 Å². The Labute approximate surface area is 117 Å². The van der Waals surface area contributed by atoms with Crippen LogP contribution in [-0.4, -0.2) is 6.61 Å². The minimum absolute atomic E-state index is 0.727. The minimum Gasteiger partial charge on any atom is -0.494 e. The fraction of sp³-hybridized carbons (Fsp3) is 0.267. The minimum atomic E-state index is 0.727. The van der Waals surface area contributed by atoms with Crippen LogP contribution in [-0.2, 0) is 6.54 Å². The molecule has 0 saturated heterocycles. The van der Waals surface area contributed by atoms with E-state index in [1.54, 1.807) is 11.3 Å². The van der Waals surface area contributed by atoms with E-state index >= 15 is 0 Å². The smallest absolute Gasteiger partial charge is 0.119 e. The molecule has 0 aliphatic rings. The predicted octanol–water partition coefficient (Wildman–Crippen LogP) is 4.02. The summed E-state index contributed by atoms with van der Waals surface area (Å²) < 4.78 is 5.53. The summed E-state index contributed by atoms with van der Waals surface area (Å²) >= 11 is 1.60. The maximum absolute atomic E-state index is 8.76. The molecule has 0 spiro atoms. The topological polar surface area (TPSA) is 45.0 Å². The quantitative estimate of drug-likeness (QED) is 0.863. The summed E-state index contributed by atoms with van der Waals surface area (Å²) in [6.07, 6.45) is 1.01. The van der Waals surface area contributed by atoms with Crippen LogP contribution in [0.4, 0.5) is 5.69 Å². The molecule has 1 aromatic heterocycles. The first-order chi connectivity index (χ1) is 9.31. The molecule has 2 aromatic rings. The molecular formula is C15H16N2OS.